The second-order valence-corrected chi connectivity index (χ2v) is 6.18. The van der Waals surface area contributed by atoms with Crippen LogP contribution in [0.4, 0.5) is 0 Å². The predicted molar refractivity (Wildman–Crippen MR) is 75.1 cm³/mol. The lowest BCUT2D eigenvalue weighted by molar-refractivity contribution is -0.139. The predicted octanol–water partition coefficient (Wildman–Crippen LogP) is 0.774. The van der Waals surface area contributed by atoms with Crippen LogP contribution in [0.3, 0.4) is 0 Å². The van der Waals surface area contributed by atoms with Crippen LogP contribution in [0.1, 0.15) is 12.0 Å². The number of sulfonamides is 1. The zero-order valence-electron chi connectivity index (χ0n) is 11.1. The number of aliphatic carboxylic acids is 1. The number of carboxylic acids is 1. The molecule has 0 bridgehead atoms. The van der Waals surface area contributed by atoms with Gasteiger partial charge in [0.25, 0.3) is 0 Å². The molecule has 1 aromatic carbocycles. The quantitative estimate of drug-likeness (QED) is 0.699. The zero-order valence-corrected chi connectivity index (χ0v) is 11.9. The number of nitrogens with one attached hydrogen (secondary N) is 2. The number of aryl methyl sites for hydroxylation is 1. The van der Waals surface area contributed by atoms with Crippen LogP contribution in [0.25, 0.3) is 0 Å². The van der Waals surface area contributed by atoms with Crippen LogP contribution in [-0.4, -0.2) is 35.7 Å². The number of H-pyrrole nitrogens is 1. The summed E-state index contributed by atoms with van der Waals surface area (Å²) in [4.78, 5) is 11.1. The van der Waals surface area contributed by atoms with Crippen molar-refractivity contribution >= 4 is 16.0 Å². The van der Waals surface area contributed by atoms with Crippen LogP contribution < -0.4 is 4.72 Å². The van der Waals surface area contributed by atoms with E-state index >= 15 is 0 Å². The van der Waals surface area contributed by atoms with Crippen LogP contribution in [0, 0.1) is 0 Å². The lowest BCUT2D eigenvalue weighted by Gasteiger charge is -2.14. The second-order valence-electron chi connectivity index (χ2n) is 4.47. The summed E-state index contributed by atoms with van der Waals surface area (Å²) in [5, 5.41) is 15.1. The Morgan fingerprint density at radius 3 is 2.62 bits per heavy atom. The Balaban J connectivity index is 2.05. The molecule has 0 saturated carbocycles. The number of hydrogen-bond donors (Lipinski definition) is 3. The molecule has 8 heteroatoms. The van der Waals surface area contributed by atoms with Crippen molar-refractivity contribution in [2.24, 2.45) is 0 Å². The standard InChI is InChI=1S/C13H15N3O4S/c17-13(18)12(7-6-10-4-2-1-3-5-10)16-21(19,20)11-8-14-15-9-11/h1-5,8-9,12,16H,6-7H2,(H,14,15)(H,17,18)/t12-/m0/s1. The van der Waals surface area contributed by atoms with Crippen LogP contribution in [0.15, 0.2) is 47.6 Å². The summed E-state index contributed by atoms with van der Waals surface area (Å²) in [6, 6.07) is 8.10. The summed E-state index contributed by atoms with van der Waals surface area (Å²) < 4.78 is 26.1. The van der Waals surface area contributed by atoms with Crippen molar-refractivity contribution in [3.05, 3.63) is 48.3 Å². The third-order valence-corrected chi connectivity index (χ3v) is 4.38. The van der Waals surface area contributed by atoms with Gasteiger partial charge in [0.2, 0.25) is 10.0 Å². The minimum absolute atomic E-state index is 0.0894. The minimum Gasteiger partial charge on any atom is -0.480 e. The smallest absolute Gasteiger partial charge is 0.321 e. The number of aromatic nitrogens is 2. The Hall–Kier alpha value is -2.19. The molecular formula is C13H15N3O4S. The molecule has 112 valence electrons. The van der Waals surface area contributed by atoms with E-state index < -0.39 is 22.0 Å². The Morgan fingerprint density at radius 1 is 1.33 bits per heavy atom. The third-order valence-electron chi connectivity index (χ3n) is 2.94. The van der Waals surface area contributed by atoms with Crippen molar-refractivity contribution in [2.75, 3.05) is 0 Å². The molecule has 0 aliphatic rings. The van der Waals surface area contributed by atoms with E-state index in [0.29, 0.717) is 6.42 Å². The van der Waals surface area contributed by atoms with E-state index in [1.54, 1.807) is 0 Å². The first-order valence-corrected chi connectivity index (χ1v) is 7.75. The van der Waals surface area contributed by atoms with Gasteiger partial charge in [-0.05, 0) is 18.4 Å². The fraction of sp³-hybridized carbons (Fsp3) is 0.231. The maximum absolute atomic E-state index is 12.0. The van der Waals surface area contributed by atoms with Gasteiger partial charge in [0.1, 0.15) is 10.9 Å². The molecule has 1 heterocycles. The fourth-order valence-electron chi connectivity index (χ4n) is 1.83. The summed E-state index contributed by atoms with van der Waals surface area (Å²) in [5.41, 5.74) is 0.950. The molecule has 0 radical (unpaired) electrons. The first kappa shape index (κ1) is 15.2. The Bertz CT molecular complexity index is 683. The highest BCUT2D eigenvalue weighted by atomic mass is 32.2. The van der Waals surface area contributed by atoms with E-state index in [1.165, 1.54) is 6.20 Å². The summed E-state index contributed by atoms with van der Waals surface area (Å²) in [6.07, 6.45) is 2.94. The third kappa shape index (κ3) is 4.14. The van der Waals surface area contributed by atoms with Crippen molar-refractivity contribution in [1.29, 1.82) is 0 Å². The molecule has 7 nitrogen and oxygen atoms in total. The maximum Gasteiger partial charge on any atom is 0.321 e. The lowest BCUT2D eigenvalue weighted by atomic mass is 10.1. The Labute approximate surface area is 122 Å². The number of carboxylic acid groups (broad SMARTS) is 1. The first-order valence-electron chi connectivity index (χ1n) is 6.27. The molecule has 0 saturated heterocycles. The van der Waals surface area contributed by atoms with Gasteiger partial charge in [-0.25, -0.2) is 8.42 Å². The zero-order chi connectivity index (χ0) is 15.3. The number of rotatable bonds is 7. The monoisotopic (exact) mass is 309 g/mol. The van der Waals surface area contributed by atoms with Gasteiger partial charge < -0.3 is 5.11 Å². The molecule has 0 fully saturated rings. The van der Waals surface area contributed by atoms with Gasteiger partial charge in [-0.2, -0.15) is 9.82 Å². The van der Waals surface area contributed by atoms with Gasteiger partial charge in [-0.15, -0.1) is 0 Å². The molecule has 1 atom stereocenters. The topological polar surface area (TPSA) is 112 Å². The largest absolute Gasteiger partial charge is 0.480 e. The number of benzene rings is 1. The van der Waals surface area contributed by atoms with Crippen molar-refractivity contribution < 1.29 is 18.3 Å². The first-order chi connectivity index (χ1) is 9.99. The van der Waals surface area contributed by atoms with Crippen LogP contribution >= 0.6 is 0 Å². The molecule has 0 aliphatic carbocycles. The van der Waals surface area contributed by atoms with Crippen molar-refractivity contribution in [1.82, 2.24) is 14.9 Å². The average Bonchev–Trinajstić information content (AvgIpc) is 2.99. The molecule has 3 N–H and O–H groups in total. The fourth-order valence-corrected chi connectivity index (χ4v) is 2.96. The van der Waals surface area contributed by atoms with Crippen LogP contribution in [0.2, 0.25) is 0 Å². The van der Waals surface area contributed by atoms with E-state index in [9.17, 15) is 13.2 Å². The minimum atomic E-state index is -3.89. The van der Waals surface area contributed by atoms with E-state index in [1.807, 2.05) is 30.3 Å². The normalized spacial score (nSPS) is 13.0. The van der Waals surface area contributed by atoms with Crippen molar-refractivity contribution in [2.45, 2.75) is 23.8 Å². The number of aromatic amines is 1. The molecule has 2 aromatic rings. The van der Waals surface area contributed by atoms with E-state index in [0.717, 1.165) is 11.8 Å². The highest BCUT2D eigenvalue weighted by Crippen LogP contribution is 2.10. The Morgan fingerprint density at radius 2 is 2.05 bits per heavy atom. The second kappa shape index (κ2) is 6.51. The van der Waals surface area contributed by atoms with E-state index in [2.05, 4.69) is 14.9 Å². The summed E-state index contributed by atoms with van der Waals surface area (Å²) in [6.45, 7) is 0. The molecule has 0 amide bonds. The maximum atomic E-state index is 12.0. The number of nitrogens with zero attached hydrogens (tertiary/aromatic N) is 1. The number of hydrogen-bond acceptors (Lipinski definition) is 4. The SMILES string of the molecule is O=C(O)[C@H](CCc1ccccc1)NS(=O)(=O)c1cn[nH]c1. The summed E-state index contributed by atoms with van der Waals surface area (Å²) in [7, 11) is -3.89. The molecular weight excluding hydrogens is 294 g/mol. The van der Waals surface area contributed by atoms with Gasteiger partial charge >= 0.3 is 5.97 Å². The van der Waals surface area contributed by atoms with Gasteiger partial charge in [0.15, 0.2) is 0 Å². The van der Waals surface area contributed by atoms with Gasteiger partial charge in [-0.1, -0.05) is 30.3 Å². The van der Waals surface area contributed by atoms with Crippen LogP contribution in [-0.2, 0) is 21.2 Å². The molecule has 0 spiro atoms. The average molecular weight is 309 g/mol. The van der Waals surface area contributed by atoms with Gasteiger partial charge in [-0.3, -0.25) is 9.89 Å². The van der Waals surface area contributed by atoms with E-state index in [-0.39, 0.29) is 11.3 Å². The highest BCUT2D eigenvalue weighted by molar-refractivity contribution is 7.89. The van der Waals surface area contributed by atoms with Crippen molar-refractivity contribution in [3.63, 3.8) is 0 Å². The van der Waals surface area contributed by atoms with Gasteiger partial charge in [0, 0.05) is 6.20 Å². The Kier molecular flexibility index (Phi) is 4.71. The molecule has 0 aliphatic heterocycles. The lowest BCUT2D eigenvalue weighted by Crippen LogP contribution is -2.40. The molecule has 21 heavy (non-hydrogen) atoms. The summed E-state index contributed by atoms with van der Waals surface area (Å²) >= 11 is 0. The number of carbonyl (C=O) groups is 1. The van der Waals surface area contributed by atoms with Gasteiger partial charge in [0.05, 0.1) is 6.20 Å². The highest BCUT2D eigenvalue weighted by Gasteiger charge is 2.25. The molecule has 0 unspecified atom stereocenters. The summed E-state index contributed by atoms with van der Waals surface area (Å²) in [5.74, 6) is -1.21. The van der Waals surface area contributed by atoms with Crippen LogP contribution in [0.5, 0.6) is 0 Å². The molecule has 2 rings (SSSR count). The molecule has 1 aromatic heterocycles. The van der Waals surface area contributed by atoms with E-state index in [4.69, 9.17) is 5.11 Å². The van der Waals surface area contributed by atoms with Crippen molar-refractivity contribution in [3.8, 4) is 0 Å².